The molecule has 0 saturated carbocycles. The number of pyridine rings is 2. The standard InChI is InChI=1S/C24H23N3O.C2HF3O2/c1-15(2)22(25)17-8-10-18(11-9-17)23-19(16-6-4-3-5-7-16)14-20-21(27-23)12-13-26-24(20)28;3-2(4,5)1(6)7/h3-15,22H,25H2,1-2H3,(H,26,28);(H,6,7). The number of carboxylic acids is 1. The molecule has 2 aromatic carbocycles. The number of aromatic amines is 1. The molecule has 2 aromatic heterocycles. The molecule has 1 unspecified atom stereocenters. The predicted molar refractivity (Wildman–Crippen MR) is 129 cm³/mol. The van der Waals surface area contributed by atoms with Crippen molar-refractivity contribution < 1.29 is 23.1 Å². The van der Waals surface area contributed by atoms with Gasteiger partial charge in [-0.1, -0.05) is 68.4 Å². The fourth-order valence-electron chi connectivity index (χ4n) is 3.42. The number of nitrogens with zero attached hydrogens (tertiary/aromatic N) is 1. The van der Waals surface area contributed by atoms with E-state index in [1.807, 2.05) is 42.5 Å². The van der Waals surface area contributed by atoms with Crippen molar-refractivity contribution in [2.45, 2.75) is 26.1 Å². The van der Waals surface area contributed by atoms with E-state index in [0.29, 0.717) is 16.8 Å². The van der Waals surface area contributed by atoms with Gasteiger partial charge in [0.25, 0.3) is 5.56 Å². The van der Waals surface area contributed by atoms with E-state index in [0.717, 1.165) is 27.9 Å². The summed E-state index contributed by atoms with van der Waals surface area (Å²) in [5.74, 6) is -2.39. The third-order valence-electron chi connectivity index (χ3n) is 5.37. The van der Waals surface area contributed by atoms with E-state index in [9.17, 15) is 18.0 Å². The number of aromatic nitrogens is 2. The SMILES string of the molecule is CC(C)C(N)c1ccc(-c2nc3cc[nH]c(=O)c3cc2-c2ccccc2)cc1.O=C(O)C(F)(F)F. The van der Waals surface area contributed by atoms with Gasteiger partial charge >= 0.3 is 12.1 Å². The van der Waals surface area contributed by atoms with Crippen LogP contribution < -0.4 is 11.3 Å². The summed E-state index contributed by atoms with van der Waals surface area (Å²) in [7, 11) is 0. The maximum absolute atomic E-state index is 12.3. The summed E-state index contributed by atoms with van der Waals surface area (Å²) in [6.45, 7) is 4.24. The molecule has 2 heterocycles. The molecular weight excluding hydrogens is 459 g/mol. The van der Waals surface area contributed by atoms with Crippen molar-refractivity contribution in [3.05, 3.63) is 88.8 Å². The van der Waals surface area contributed by atoms with Gasteiger partial charge in [0.05, 0.1) is 16.6 Å². The molecule has 0 bridgehead atoms. The van der Waals surface area contributed by atoms with Gasteiger partial charge in [0, 0.05) is 23.4 Å². The minimum Gasteiger partial charge on any atom is -0.475 e. The summed E-state index contributed by atoms with van der Waals surface area (Å²) in [4.78, 5) is 28.8. The number of aliphatic carboxylic acids is 1. The molecule has 6 nitrogen and oxygen atoms in total. The number of hydrogen-bond acceptors (Lipinski definition) is 4. The molecule has 4 N–H and O–H groups in total. The lowest BCUT2D eigenvalue weighted by Gasteiger charge is -2.17. The monoisotopic (exact) mass is 483 g/mol. The van der Waals surface area contributed by atoms with Crippen LogP contribution in [0.3, 0.4) is 0 Å². The summed E-state index contributed by atoms with van der Waals surface area (Å²) in [6.07, 6.45) is -3.45. The number of halogens is 3. The van der Waals surface area contributed by atoms with Crippen molar-refractivity contribution in [1.82, 2.24) is 9.97 Å². The molecular formula is C26H24F3N3O3. The Labute approximate surface area is 199 Å². The van der Waals surface area contributed by atoms with E-state index in [-0.39, 0.29) is 11.6 Å². The lowest BCUT2D eigenvalue weighted by molar-refractivity contribution is -0.192. The van der Waals surface area contributed by atoms with Crippen molar-refractivity contribution in [2.75, 3.05) is 0 Å². The summed E-state index contributed by atoms with van der Waals surface area (Å²) >= 11 is 0. The number of hydrogen-bond donors (Lipinski definition) is 3. The molecule has 0 spiro atoms. The number of alkyl halides is 3. The molecule has 0 radical (unpaired) electrons. The zero-order valence-electron chi connectivity index (χ0n) is 19.0. The maximum Gasteiger partial charge on any atom is 0.490 e. The van der Waals surface area contributed by atoms with Gasteiger partial charge in [0.2, 0.25) is 0 Å². The first-order valence-electron chi connectivity index (χ1n) is 10.7. The minimum absolute atomic E-state index is 0.00534. The summed E-state index contributed by atoms with van der Waals surface area (Å²) < 4.78 is 31.7. The summed E-state index contributed by atoms with van der Waals surface area (Å²) in [5, 5.41) is 7.71. The smallest absolute Gasteiger partial charge is 0.475 e. The fourth-order valence-corrected chi connectivity index (χ4v) is 3.42. The molecule has 9 heteroatoms. The highest BCUT2D eigenvalue weighted by atomic mass is 19.4. The van der Waals surface area contributed by atoms with Crippen LogP contribution in [0.4, 0.5) is 13.2 Å². The van der Waals surface area contributed by atoms with Gasteiger partial charge in [-0.25, -0.2) is 9.78 Å². The number of H-pyrrole nitrogens is 1. The van der Waals surface area contributed by atoms with Crippen molar-refractivity contribution >= 4 is 16.9 Å². The molecule has 0 fully saturated rings. The Morgan fingerprint density at radius 3 is 2.14 bits per heavy atom. The molecule has 0 saturated heterocycles. The van der Waals surface area contributed by atoms with Crippen LogP contribution in [0.25, 0.3) is 33.3 Å². The van der Waals surface area contributed by atoms with Crippen molar-refractivity contribution in [3.8, 4) is 22.4 Å². The third kappa shape index (κ3) is 6.13. The second kappa shape index (κ2) is 10.5. The minimum atomic E-state index is -5.08. The molecule has 182 valence electrons. The highest BCUT2D eigenvalue weighted by Crippen LogP contribution is 2.33. The third-order valence-corrected chi connectivity index (χ3v) is 5.37. The molecule has 0 amide bonds. The van der Waals surface area contributed by atoms with Crippen LogP contribution in [-0.4, -0.2) is 27.2 Å². The lowest BCUT2D eigenvalue weighted by Crippen LogP contribution is -2.21. The lowest BCUT2D eigenvalue weighted by atomic mass is 9.93. The second-order valence-electron chi connectivity index (χ2n) is 8.18. The van der Waals surface area contributed by atoms with E-state index in [1.165, 1.54) is 0 Å². The van der Waals surface area contributed by atoms with Crippen LogP contribution in [0.1, 0.15) is 25.5 Å². The van der Waals surface area contributed by atoms with E-state index >= 15 is 0 Å². The second-order valence-corrected chi connectivity index (χ2v) is 8.18. The van der Waals surface area contributed by atoms with Gasteiger partial charge in [-0.3, -0.25) is 4.79 Å². The van der Waals surface area contributed by atoms with Gasteiger partial charge in [0.1, 0.15) is 0 Å². The average molecular weight is 483 g/mol. The zero-order valence-corrected chi connectivity index (χ0v) is 19.0. The Balaban J connectivity index is 0.000000429. The van der Waals surface area contributed by atoms with Crippen molar-refractivity contribution in [1.29, 1.82) is 0 Å². The normalized spacial score (nSPS) is 12.2. The molecule has 1 atom stereocenters. The van der Waals surface area contributed by atoms with Crippen molar-refractivity contribution in [2.24, 2.45) is 11.7 Å². The Morgan fingerprint density at radius 2 is 1.60 bits per heavy atom. The Kier molecular flexibility index (Phi) is 7.71. The van der Waals surface area contributed by atoms with Crippen LogP contribution >= 0.6 is 0 Å². The van der Waals surface area contributed by atoms with Crippen LogP contribution in [0.5, 0.6) is 0 Å². The number of carbonyl (C=O) groups is 1. The molecule has 4 rings (SSSR count). The number of rotatable bonds is 4. The van der Waals surface area contributed by atoms with E-state index in [1.54, 1.807) is 6.20 Å². The summed E-state index contributed by atoms with van der Waals surface area (Å²) in [6, 6.07) is 22.1. The Morgan fingerprint density at radius 1 is 1.00 bits per heavy atom. The molecule has 0 aliphatic rings. The quantitative estimate of drug-likeness (QED) is 0.353. The molecule has 4 aromatic rings. The number of benzene rings is 2. The Bertz CT molecular complexity index is 1370. The first kappa shape index (κ1) is 25.6. The zero-order chi connectivity index (χ0) is 25.8. The maximum atomic E-state index is 12.3. The van der Waals surface area contributed by atoms with Crippen molar-refractivity contribution in [3.63, 3.8) is 0 Å². The number of fused-ring (bicyclic) bond motifs is 1. The first-order chi connectivity index (χ1) is 16.5. The highest BCUT2D eigenvalue weighted by molar-refractivity contribution is 5.91. The van der Waals surface area contributed by atoms with Crippen LogP contribution in [0, 0.1) is 5.92 Å². The number of nitrogens with one attached hydrogen (secondary N) is 1. The van der Waals surface area contributed by atoms with E-state index in [2.05, 4.69) is 43.1 Å². The fraction of sp³-hybridized carbons (Fsp3) is 0.192. The van der Waals surface area contributed by atoms with E-state index in [4.69, 9.17) is 20.6 Å². The largest absolute Gasteiger partial charge is 0.490 e. The topological polar surface area (TPSA) is 109 Å². The van der Waals surface area contributed by atoms with Crippen LogP contribution in [0.15, 0.2) is 77.7 Å². The van der Waals surface area contributed by atoms with Crippen LogP contribution in [0.2, 0.25) is 0 Å². The Hall–Kier alpha value is -3.98. The van der Waals surface area contributed by atoms with Gasteiger partial charge < -0.3 is 15.8 Å². The van der Waals surface area contributed by atoms with E-state index < -0.39 is 12.1 Å². The molecule has 0 aliphatic carbocycles. The van der Waals surface area contributed by atoms with Gasteiger partial charge in [-0.15, -0.1) is 0 Å². The van der Waals surface area contributed by atoms with Gasteiger partial charge in [-0.2, -0.15) is 13.2 Å². The molecule has 35 heavy (non-hydrogen) atoms. The van der Waals surface area contributed by atoms with Crippen LogP contribution in [-0.2, 0) is 4.79 Å². The molecule has 0 aliphatic heterocycles. The van der Waals surface area contributed by atoms with Gasteiger partial charge in [0.15, 0.2) is 0 Å². The van der Waals surface area contributed by atoms with Gasteiger partial charge in [-0.05, 0) is 29.2 Å². The number of nitrogens with two attached hydrogens (primary N) is 1. The predicted octanol–water partition coefficient (Wildman–Crippen LogP) is 5.55. The highest BCUT2D eigenvalue weighted by Gasteiger charge is 2.38. The average Bonchev–Trinajstić information content (AvgIpc) is 2.83. The summed E-state index contributed by atoms with van der Waals surface area (Å²) in [5.41, 5.74) is 11.8. The first-order valence-corrected chi connectivity index (χ1v) is 10.7. The number of carboxylic acid groups (broad SMARTS) is 1.